The monoisotopic (exact) mass is 458 g/mol. The largest absolute Gasteiger partial charge is 0.433 e. The molecule has 32 heavy (non-hydrogen) atoms. The molecule has 0 atom stereocenters. The number of nitrogens with zero attached hydrogens (tertiary/aromatic N) is 3. The number of pyridine rings is 1. The van der Waals surface area contributed by atoms with Gasteiger partial charge >= 0.3 is 6.18 Å². The van der Waals surface area contributed by atoms with Gasteiger partial charge in [-0.15, -0.1) is 0 Å². The van der Waals surface area contributed by atoms with Crippen molar-refractivity contribution in [3.05, 3.63) is 94.4 Å². The number of benzene rings is 2. The van der Waals surface area contributed by atoms with Crippen molar-refractivity contribution in [2.24, 2.45) is 0 Å². The molecule has 0 aliphatic carbocycles. The van der Waals surface area contributed by atoms with Crippen molar-refractivity contribution in [3.8, 4) is 0 Å². The van der Waals surface area contributed by atoms with Crippen LogP contribution in [0.4, 0.5) is 13.2 Å². The van der Waals surface area contributed by atoms with Crippen LogP contribution in [-0.4, -0.2) is 27.2 Å². The number of alkyl halides is 3. The number of para-hydroxylation sites is 1. The fraction of sp³-hybridized carbons (Fsp3) is 0.174. The molecule has 9 heteroatoms. The van der Waals surface area contributed by atoms with Crippen molar-refractivity contribution in [1.29, 1.82) is 0 Å². The van der Waals surface area contributed by atoms with Gasteiger partial charge in [-0.1, -0.05) is 48.0 Å². The lowest BCUT2D eigenvalue weighted by atomic mass is 10.2. The molecule has 0 fully saturated rings. The Bertz CT molecular complexity index is 1250. The topological polar surface area (TPSA) is 59.8 Å². The first-order valence-electron chi connectivity index (χ1n) is 9.82. The highest BCUT2D eigenvalue weighted by Gasteiger charge is 2.32. The van der Waals surface area contributed by atoms with Crippen LogP contribution in [0.5, 0.6) is 0 Å². The van der Waals surface area contributed by atoms with Gasteiger partial charge in [0.05, 0.1) is 12.1 Å². The van der Waals surface area contributed by atoms with Crippen LogP contribution in [0.3, 0.4) is 0 Å². The van der Waals surface area contributed by atoms with Gasteiger partial charge in [-0.25, -0.2) is 4.98 Å². The molecule has 0 saturated carbocycles. The first-order chi connectivity index (χ1) is 15.3. The lowest BCUT2D eigenvalue weighted by molar-refractivity contribution is -0.141. The Morgan fingerprint density at radius 2 is 1.75 bits per heavy atom. The number of rotatable bonds is 6. The van der Waals surface area contributed by atoms with E-state index in [1.54, 1.807) is 16.8 Å². The van der Waals surface area contributed by atoms with Crippen molar-refractivity contribution in [2.75, 3.05) is 6.54 Å². The number of nitrogens with one attached hydrogen (secondary N) is 1. The Labute approximate surface area is 186 Å². The van der Waals surface area contributed by atoms with E-state index in [0.29, 0.717) is 17.0 Å². The van der Waals surface area contributed by atoms with Gasteiger partial charge in [0.1, 0.15) is 5.69 Å². The van der Waals surface area contributed by atoms with E-state index in [1.165, 1.54) is 12.1 Å². The van der Waals surface area contributed by atoms with Gasteiger partial charge in [-0.2, -0.15) is 18.3 Å². The summed E-state index contributed by atoms with van der Waals surface area (Å²) in [6, 6.07) is 18.4. The van der Waals surface area contributed by atoms with Crippen LogP contribution in [0.1, 0.15) is 27.4 Å². The summed E-state index contributed by atoms with van der Waals surface area (Å²) in [4.78, 5) is 16.4. The Hall–Kier alpha value is -3.39. The third-order valence-corrected chi connectivity index (χ3v) is 5.13. The number of hydrogen-bond donors (Lipinski definition) is 1. The number of carbonyl (C=O) groups excluding carboxylic acids is 1. The molecule has 2 aromatic carbocycles. The lowest BCUT2D eigenvalue weighted by Crippen LogP contribution is -2.27. The van der Waals surface area contributed by atoms with Crippen molar-refractivity contribution >= 4 is 28.4 Å². The smallest absolute Gasteiger partial charge is 0.350 e. The zero-order chi connectivity index (χ0) is 22.7. The molecule has 0 aliphatic rings. The van der Waals surface area contributed by atoms with Gasteiger partial charge in [0.15, 0.2) is 5.69 Å². The molecule has 0 spiro atoms. The number of halogens is 4. The van der Waals surface area contributed by atoms with E-state index < -0.39 is 17.8 Å². The Morgan fingerprint density at radius 3 is 2.50 bits per heavy atom. The van der Waals surface area contributed by atoms with E-state index in [2.05, 4.69) is 15.4 Å². The van der Waals surface area contributed by atoms with Gasteiger partial charge in [0.2, 0.25) is 0 Å². The molecule has 1 N–H and O–H groups in total. The van der Waals surface area contributed by atoms with E-state index in [9.17, 15) is 18.0 Å². The minimum atomic E-state index is -4.50. The minimum absolute atomic E-state index is 0.130. The molecule has 0 aliphatic heterocycles. The first kappa shape index (κ1) is 21.8. The predicted octanol–water partition coefficient (Wildman–Crippen LogP) is 5.12. The average Bonchev–Trinajstić information content (AvgIpc) is 3.13. The molecule has 2 heterocycles. The number of carbonyl (C=O) groups is 1. The van der Waals surface area contributed by atoms with E-state index in [-0.39, 0.29) is 24.4 Å². The second kappa shape index (κ2) is 9.00. The quantitative estimate of drug-likeness (QED) is 0.436. The molecule has 0 radical (unpaired) electrons. The van der Waals surface area contributed by atoms with Crippen LogP contribution >= 0.6 is 11.6 Å². The number of amides is 1. The van der Waals surface area contributed by atoms with E-state index in [4.69, 9.17) is 11.6 Å². The molecule has 1 amide bonds. The summed E-state index contributed by atoms with van der Waals surface area (Å²) in [6.45, 7) is 0.588. The molecule has 164 valence electrons. The molecule has 4 aromatic rings. The standard InChI is InChI=1S/C23H18ClF3N4O/c24-16-10-8-15(9-11-16)14-31-19-6-2-1-5-18(19)21(30-31)22(32)28-13-12-17-4-3-7-20(29-17)23(25,26)27/h1-11H,12-14H2,(H,28,32). The number of hydrogen-bond acceptors (Lipinski definition) is 3. The number of fused-ring (bicyclic) bond motifs is 1. The summed E-state index contributed by atoms with van der Waals surface area (Å²) < 4.78 is 40.2. The fourth-order valence-corrected chi connectivity index (χ4v) is 3.47. The van der Waals surface area contributed by atoms with Crippen molar-refractivity contribution in [1.82, 2.24) is 20.1 Å². The summed E-state index contributed by atoms with van der Waals surface area (Å²) in [5.74, 6) is -0.400. The lowest BCUT2D eigenvalue weighted by Gasteiger charge is -2.08. The third kappa shape index (κ3) is 4.91. The van der Waals surface area contributed by atoms with Gasteiger partial charge in [0.25, 0.3) is 5.91 Å². The van der Waals surface area contributed by atoms with Crippen LogP contribution in [0.2, 0.25) is 5.02 Å². The summed E-state index contributed by atoms with van der Waals surface area (Å²) in [6.07, 6.45) is -4.34. The third-order valence-electron chi connectivity index (χ3n) is 4.88. The van der Waals surface area contributed by atoms with Gasteiger partial charge in [0, 0.05) is 29.1 Å². The van der Waals surface area contributed by atoms with Gasteiger partial charge < -0.3 is 5.32 Å². The molecule has 0 bridgehead atoms. The predicted molar refractivity (Wildman–Crippen MR) is 116 cm³/mol. The van der Waals surface area contributed by atoms with Crippen molar-refractivity contribution in [3.63, 3.8) is 0 Å². The van der Waals surface area contributed by atoms with Gasteiger partial charge in [-0.3, -0.25) is 9.48 Å². The van der Waals surface area contributed by atoms with E-state index in [0.717, 1.165) is 17.1 Å². The summed E-state index contributed by atoms with van der Waals surface area (Å²) in [7, 11) is 0. The van der Waals surface area contributed by atoms with Crippen LogP contribution < -0.4 is 5.32 Å². The Balaban J connectivity index is 1.48. The van der Waals surface area contributed by atoms with Crippen LogP contribution in [0.15, 0.2) is 66.7 Å². The average molecular weight is 459 g/mol. The Kier molecular flexibility index (Phi) is 6.14. The highest BCUT2D eigenvalue weighted by molar-refractivity contribution is 6.30. The summed E-state index contributed by atoms with van der Waals surface area (Å²) >= 11 is 5.94. The fourth-order valence-electron chi connectivity index (χ4n) is 3.34. The first-order valence-corrected chi connectivity index (χ1v) is 10.2. The highest BCUT2D eigenvalue weighted by atomic mass is 35.5. The van der Waals surface area contributed by atoms with Gasteiger partial charge in [-0.05, 0) is 35.9 Å². The molecule has 0 unspecified atom stereocenters. The number of aromatic nitrogens is 3. The zero-order valence-corrected chi connectivity index (χ0v) is 17.5. The highest BCUT2D eigenvalue weighted by Crippen LogP contribution is 2.27. The van der Waals surface area contributed by atoms with E-state index >= 15 is 0 Å². The van der Waals surface area contributed by atoms with E-state index in [1.807, 2.05) is 36.4 Å². The summed E-state index contributed by atoms with van der Waals surface area (Å²) in [5.41, 5.74) is 1.33. The second-order valence-electron chi connectivity index (χ2n) is 7.17. The molecule has 2 aromatic heterocycles. The Morgan fingerprint density at radius 1 is 1.00 bits per heavy atom. The molecule has 5 nitrogen and oxygen atoms in total. The second-order valence-corrected chi connectivity index (χ2v) is 7.60. The van der Waals surface area contributed by atoms with Crippen molar-refractivity contribution < 1.29 is 18.0 Å². The molecule has 0 saturated heterocycles. The molecular weight excluding hydrogens is 441 g/mol. The molecule has 4 rings (SSSR count). The maximum Gasteiger partial charge on any atom is 0.433 e. The van der Waals surface area contributed by atoms with Crippen LogP contribution in [-0.2, 0) is 19.1 Å². The van der Waals surface area contributed by atoms with Crippen molar-refractivity contribution in [2.45, 2.75) is 19.1 Å². The maximum atomic E-state index is 12.8. The zero-order valence-electron chi connectivity index (χ0n) is 16.7. The maximum absolute atomic E-state index is 12.8. The minimum Gasteiger partial charge on any atom is -0.350 e. The normalized spacial score (nSPS) is 11.6. The summed E-state index contributed by atoms with van der Waals surface area (Å²) in [5, 5.41) is 8.54. The van der Waals surface area contributed by atoms with Crippen LogP contribution in [0, 0.1) is 0 Å². The SMILES string of the molecule is O=C(NCCc1cccc(C(F)(F)F)n1)c1nn(Cc2ccc(Cl)cc2)c2ccccc12. The van der Waals surface area contributed by atoms with Crippen LogP contribution in [0.25, 0.3) is 10.9 Å². The molecular formula is C23H18ClF3N4O.